The molecule has 1 fully saturated rings. The van der Waals surface area contributed by atoms with Crippen molar-refractivity contribution in [1.82, 2.24) is 4.57 Å². The molecular formula is C33H31ClN4O5. The molecule has 1 aromatic heterocycles. The molecule has 2 atom stereocenters. The molecule has 9 nitrogen and oxygen atoms in total. The summed E-state index contributed by atoms with van der Waals surface area (Å²) < 4.78 is 12.5. The van der Waals surface area contributed by atoms with Crippen molar-refractivity contribution >= 4 is 40.5 Å². The number of hydrogen-bond acceptors (Lipinski definition) is 6. The fourth-order valence-electron chi connectivity index (χ4n) is 6.10. The number of carbonyl (C=O) groups excluding carboxylic acids is 2. The van der Waals surface area contributed by atoms with Gasteiger partial charge in [0.2, 0.25) is 0 Å². The lowest BCUT2D eigenvalue weighted by Gasteiger charge is -2.44. The second kappa shape index (κ2) is 11.9. The topological polar surface area (TPSA) is 102 Å². The van der Waals surface area contributed by atoms with E-state index in [4.69, 9.17) is 21.1 Å². The Labute approximate surface area is 254 Å². The minimum Gasteiger partial charge on any atom is -0.493 e. The fourth-order valence-corrected chi connectivity index (χ4v) is 6.32. The molecular weight excluding hydrogens is 568 g/mol. The molecule has 10 heteroatoms. The summed E-state index contributed by atoms with van der Waals surface area (Å²) in [6.07, 6.45) is 0.993. The molecule has 3 aromatic carbocycles. The van der Waals surface area contributed by atoms with E-state index in [1.807, 2.05) is 22.8 Å². The Morgan fingerprint density at radius 3 is 2.44 bits per heavy atom. The van der Waals surface area contributed by atoms with Gasteiger partial charge >= 0.3 is 0 Å². The van der Waals surface area contributed by atoms with Gasteiger partial charge in [0, 0.05) is 54.6 Å². The number of piperidine rings is 1. The van der Waals surface area contributed by atoms with Gasteiger partial charge in [0.1, 0.15) is 0 Å². The van der Waals surface area contributed by atoms with E-state index in [-0.39, 0.29) is 29.2 Å². The molecule has 2 bridgehead atoms. The number of amides is 2. The summed E-state index contributed by atoms with van der Waals surface area (Å²) in [6, 6.07) is 22.7. The number of methoxy groups -OCH3 is 2. The molecule has 0 radical (unpaired) electrons. The summed E-state index contributed by atoms with van der Waals surface area (Å²) in [5.74, 6) is 0.748. The second-order valence-corrected chi connectivity index (χ2v) is 11.2. The molecule has 4 aromatic rings. The molecule has 220 valence electrons. The predicted molar refractivity (Wildman–Crippen MR) is 167 cm³/mol. The van der Waals surface area contributed by atoms with Crippen molar-refractivity contribution < 1.29 is 19.1 Å². The van der Waals surface area contributed by atoms with E-state index in [9.17, 15) is 14.4 Å². The first-order valence-electron chi connectivity index (χ1n) is 14.0. The molecule has 1 saturated heterocycles. The zero-order valence-electron chi connectivity index (χ0n) is 23.8. The van der Waals surface area contributed by atoms with Gasteiger partial charge in [0.25, 0.3) is 17.4 Å². The summed E-state index contributed by atoms with van der Waals surface area (Å²) >= 11 is 6.34. The number of nitrogens with zero attached hydrogens (tertiary/aromatic N) is 2. The third-order valence-corrected chi connectivity index (χ3v) is 8.42. The molecule has 0 unspecified atom stereocenters. The van der Waals surface area contributed by atoms with Gasteiger partial charge < -0.3 is 29.6 Å². The van der Waals surface area contributed by atoms with Gasteiger partial charge in [-0.1, -0.05) is 29.8 Å². The highest BCUT2D eigenvalue weighted by Gasteiger charge is 2.35. The van der Waals surface area contributed by atoms with E-state index in [1.54, 1.807) is 67.8 Å². The monoisotopic (exact) mass is 598 g/mol. The van der Waals surface area contributed by atoms with Crippen LogP contribution in [0.4, 0.5) is 17.1 Å². The van der Waals surface area contributed by atoms with Crippen LogP contribution in [0, 0.1) is 5.92 Å². The Balaban J connectivity index is 1.33. The first-order chi connectivity index (χ1) is 20.8. The van der Waals surface area contributed by atoms with Crippen molar-refractivity contribution in [3.63, 3.8) is 0 Å². The number of anilines is 3. The largest absolute Gasteiger partial charge is 0.493 e. The average Bonchev–Trinajstić information content (AvgIpc) is 3.01. The van der Waals surface area contributed by atoms with Crippen LogP contribution < -0.4 is 30.6 Å². The third kappa shape index (κ3) is 5.68. The van der Waals surface area contributed by atoms with E-state index in [2.05, 4.69) is 15.5 Å². The minimum absolute atomic E-state index is 0.0261. The van der Waals surface area contributed by atoms with E-state index in [1.165, 1.54) is 7.11 Å². The molecule has 0 aliphatic carbocycles. The quantitative estimate of drug-likeness (QED) is 0.285. The number of halogens is 1. The number of benzene rings is 3. The van der Waals surface area contributed by atoms with E-state index in [0.29, 0.717) is 58.7 Å². The summed E-state index contributed by atoms with van der Waals surface area (Å²) in [5, 5.41) is 6.25. The van der Waals surface area contributed by atoms with Crippen LogP contribution in [0.3, 0.4) is 0 Å². The summed E-state index contributed by atoms with van der Waals surface area (Å²) in [4.78, 5) is 41.5. The molecule has 3 heterocycles. The summed E-state index contributed by atoms with van der Waals surface area (Å²) in [5.41, 5.74) is 3.58. The van der Waals surface area contributed by atoms with Crippen molar-refractivity contribution in [1.29, 1.82) is 0 Å². The van der Waals surface area contributed by atoms with Crippen LogP contribution in [-0.2, 0) is 6.54 Å². The molecule has 2 aliphatic rings. The molecule has 2 N–H and O–H groups in total. The lowest BCUT2D eigenvalue weighted by molar-refractivity contribution is 0.101. The highest BCUT2D eigenvalue weighted by Crippen LogP contribution is 2.40. The number of ether oxygens (including phenoxy) is 2. The number of hydrogen-bond donors (Lipinski definition) is 2. The molecule has 0 spiro atoms. The number of pyridine rings is 1. The maximum absolute atomic E-state index is 13.4. The first kappa shape index (κ1) is 28.4. The van der Waals surface area contributed by atoms with Gasteiger partial charge in [0.15, 0.2) is 11.5 Å². The highest BCUT2D eigenvalue weighted by molar-refractivity contribution is 6.34. The number of carbonyl (C=O) groups is 2. The van der Waals surface area contributed by atoms with Gasteiger partial charge in [-0.3, -0.25) is 14.4 Å². The van der Waals surface area contributed by atoms with Gasteiger partial charge in [-0.15, -0.1) is 0 Å². The zero-order chi connectivity index (χ0) is 30.1. The van der Waals surface area contributed by atoms with Gasteiger partial charge in [0.05, 0.1) is 36.2 Å². The van der Waals surface area contributed by atoms with Crippen LogP contribution in [0.2, 0.25) is 5.02 Å². The van der Waals surface area contributed by atoms with Crippen LogP contribution in [-0.4, -0.2) is 43.7 Å². The minimum atomic E-state index is -0.376. The second-order valence-electron chi connectivity index (χ2n) is 10.8. The molecule has 6 rings (SSSR count). The first-order valence-corrected chi connectivity index (χ1v) is 14.4. The van der Waals surface area contributed by atoms with Crippen LogP contribution in [0.1, 0.15) is 38.7 Å². The lowest BCUT2D eigenvalue weighted by atomic mass is 9.83. The molecule has 0 saturated carbocycles. The highest BCUT2D eigenvalue weighted by atomic mass is 35.5. The van der Waals surface area contributed by atoms with Crippen molar-refractivity contribution in [3.8, 4) is 11.5 Å². The Kier molecular flexibility index (Phi) is 7.82. The standard InChI is InChI=1S/C33H31ClN4O5/c1-42-29-13-11-23(16-30(29)43-2)35-32(40)21-10-12-28(26(15-21)36-33(41)24-6-3-4-7-25(24)34)37-17-20-14-22(19-37)27-8-5-9-31(39)38(27)18-20/h3-13,15-16,20,22H,14,17-19H2,1-2H3,(H,35,40)(H,36,41)/t20-,22+/m1/s1. The Morgan fingerprint density at radius 2 is 1.65 bits per heavy atom. The molecule has 2 amide bonds. The van der Waals surface area contributed by atoms with Gasteiger partial charge in [-0.05, 0) is 60.9 Å². The number of nitrogens with one attached hydrogen (secondary N) is 2. The number of rotatable bonds is 7. The van der Waals surface area contributed by atoms with Crippen molar-refractivity contribution in [2.24, 2.45) is 5.92 Å². The third-order valence-electron chi connectivity index (χ3n) is 8.09. The number of fused-ring (bicyclic) bond motifs is 4. The molecule has 43 heavy (non-hydrogen) atoms. The smallest absolute Gasteiger partial charge is 0.257 e. The van der Waals surface area contributed by atoms with Crippen LogP contribution in [0.25, 0.3) is 0 Å². The van der Waals surface area contributed by atoms with Crippen molar-refractivity contribution in [3.05, 3.63) is 111 Å². The Hall–Kier alpha value is -4.76. The number of aromatic nitrogens is 1. The SMILES string of the molecule is COc1ccc(NC(=O)c2ccc(N3C[C@H]4C[C@@H](C3)c3cccc(=O)n3C4)c(NC(=O)c3ccccc3Cl)c2)cc1OC. The van der Waals surface area contributed by atoms with E-state index >= 15 is 0 Å². The maximum Gasteiger partial charge on any atom is 0.257 e. The summed E-state index contributed by atoms with van der Waals surface area (Å²) in [6.45, 7) is 2.03. The van der Waals surface area contributed by atoms with Crippen LogP contribution in [0.5, 0.6) is 11.5 Å². The maximum atomic E-state index is 13.4. The lowest BCUT2D eigenvalue weighted by Crippen LogP contribution is -2.47. The van der Waals surface area contributed by atoms with E-state index < -0.39 is 0 Å². The van der Waals surface area contributed by atoms with Crippen molar-refractivity contribution in [2.75, 3.05) is 42.8 Å². The normalized spacial score (nSPS) is 17.0. The zero-order valence-corrected chi connectivity index (χ0v) is 24.6. The average molecular weight is 599 g/mol. The Bertz CT molecular complexity index is 1770. The van der Waals surface area contributed by atoms with Crippen LogP contribution >= 0.6 is 11.6 Å². The predicted octanol–water partition coefficient (Wildman–Crippen LogP) is 5.65. The van der Waals surface area contributed by atoms with Gasteiger partial charge in [-0.2, -0.15) is 0 Å². The molecule has 2 aliphatic heterocycles. The van der Waals surface area contributed by atoms with Crippen molar-refractivity contribution in [2.45, 2.75) is 18.9 Å². The Morgan fingerprint density at radius 1 is 0.837 bits per heavy atom. The van der Waals surface area contributed by atoms with E-state index in [0.717, 1.165) is 17.8 Å². The summed E-state index contributed by atoms with van der Waals surface area (Å²) in [7, 11) is 3.08. The van der Waals surface area contributed by atoms with Gasteiger partial charge in [-0.25, -0.2) is 0 Å². The van der Waals surface area contributed by atoms with Crippen LogP contribution in [0.15, 0.2) is 83.7 Å². The fraction of sp³-hybridized carbons (Fsp3) is 0.242.